The summed E-state index contributed by atoms with van der Waals surface area (Å²) in [5, 5.41) is 7.86. The van der Waals surface area contributed by atoms with Crippen LogP contribution >= 0.6 is 0 Å². The molecule has 0 unspecified atom stereocenters. The van der Waals surface area contributed by atoms with Crippen LogP contribution in [0.3, 0.4) is 0 Å². The minimum Gasteiger partial charge on any atom is -0.497 e. The second-order valence-corrected chi connectivity index (χ2v) is 7.29. The van der Waals surface area contributed by atoms with Crippen molar-refractivity contribution in [2.45, 2.75) is 31.8 Å². The Morgan fingerprint density at radius 3 is 2.70 bits per heavy atom. The van der Waals surface area contributed by atoms with Gasteiger partial charge in [0.15, 0.2) is 5.69 Å². The molecule has 1 atom stereocenters. The van der Waals surface area contributed by atoms with Crippen LogP contribution in [-0.2, 0) is 6.54 Å². The van der Waals surface area contributed by atoms with Crippen molar-refractivity contribution in [3.8, 4) is 5.75 Å². The van der Waals surface area contributed by atoms with Crippen LogP contribution in [0.1, 0.15) is 46.9 Å². The minimum atomic E-state index is -0.660. The first-order chi connectivity index (χ1) is 14.6. The number of carbonyl (C=O) groups is 1. The zero-order valence-corrected chi connectivity index (χ0v) is 16.6. The number of hydrogen-bond acceptors (Lipinski definition) is 4. The van der Waals surface area contributed by atoms with Gasteiger partial charge in [-0.25, -0.2) is 13.5 Å². The molecule has 30 heavy (non-hydrogen) atoms. The van der Waals surface area contributed by atoms with Crippen LogP contribution in [0.4, 0.5) is 8.78 Å². The van der Waals surface area contributed by atoms with Crippen molar-refractivity contribution in [1.82, 2.24) is 19.9 Å². The highest BCUT2D eigenvalue weighted by Gasteiger charge is 2.30. The predicted octanol–water partition coefficient (Wildman–Crippen LogP) is 3.98. The number of carbonyl (C=O) groups excluding carboxylic acids is 1. The summed E-state index contributed by atoms with van der Waals surface area (Å²) < 4.78 is 34.4. The van der Waals surface area contributed by atoms with Crippen LogP contribution in [0.2, 0.25) is 0 Å². The third-order valence-corrected chi connectivity index (χ3v) is 5.38. The van der Waals surface area contributed by atoms with Crippen LogP contribution in [0.25, 0.3) is 0 Å². The van der Waals surface area contributed by atoms with E-state index >= 15 is 0 Å². The Hall–Kier alpha value is -3.29. The van der Waals surface area contributed by atoms with E-state index in [-0.39, 0.29) is 29.8 Å². The monoisotopic (exact) mass is 412 g/mol. The number of hydrogen-bond donors (Lipinski definition) is 0. The summed E-state index contributed by atoms with van der Waals surface area (Å²) in [6.07, 6.45) is 4.20. The Labute approximate surface area is 173 Å². The normalized spacial score (nSPS) is 16.5. The summed E-state index contributed by atoms with van der Waals surface area (Å²) in [4.78, 5) is 15.0. The lowest BCUT2D eigenvalue weighted by atomic mass is 9.94. The number of amides is 1. The number of benzene rings is 2. The van der Waals surface area contributed by atoms with E-state index in [1.165, 1.54) is 29.1 Å². The van der Waals surface area contributed by atoms with Gasteiger partial charge in [0, 0.05) is 12.1 Å². The molecule has 4 rings (SSSR count). The smallest absolute Gasteiger partial charge is 0.276 e. The van der Waals surface area contributed by atoms with Crippen LogP contribution in [0.15, 0.2) is 48.7 Å². The molecule has 2 aromatic carbocycles. The van der Waals surface area contributed by atoms with Crippen LogP contribution in [0, 0.1) is 11.6 Å². The molecular weight excluding hydrogens is 390 g/mol. The molecule has 1 aromatic heterocycles. The summed E-state index contributed by atoms with van der Waals surface area (Å²) in [5.74, 6) is -0.828. The van der Waals surface area contributed by atoms with Gasteiger partial charge in [-0.3, -0.25) is 4.79 Å². The average molecular weight is 412 g/mol. The summed E-state index contributed by atoms with van der Waals surface area (Å²) in [5.41, 5.74) is 1.04. The van der Waals surface area contributed by atoms with Crippen molar-refractivity contribution in [3.63, 3.8) is 0 Å². The lowest BCUT2D eigenvalue weighted by molar-refractivity contribution is 0.0605. The molecule has 0 spiro atoms. The van der Waals surface area contributed by atoms with Gasteiger partial charge in [0.25, 0.3) is 5.91 Å². The lowest BCUT2D eigenvalue weighted by Crippen LogP contribution is -2.38. The first kappa shape index (κ1) is 20.0. The molecule has 1 aliphatic rings. The molecule has 156 valence electrons. The summed E-state index contributed by atoms with van der Waals surface area (Å²) in [6, 6.07) is 11.3. The fourth-order valence-corrected chi connectivity index (χ4v) is 3.84. The third-order valence-electron chi connectivity index (χ3n) is 5.38. The highest BCUT2D eigenvalue weighted by Crippen LogP contribution is 2.33. The number of ether oxygens (including phenoxy) is 1. The van der Waals surface area contributed by atoms with Gasteiger partial charge < -0.3 is 9.64 Å². The quantitative estimate of drug-likeness (QED) is 0.636. The van der Waals surface area contributed by atoms with Gasteiger partial charge in [-0.15, -0.1) is 5.10 Å². The van der Waals surface area contributed by atoms with E-state index in [1.54, 1.807) is 12.0 Å². The molecule has 0 N–H and O–H groups in total. The molecule has 6 nitrogen and oxygen atoms in total. The molecule has 2 heterocycles. The molecule has 1 fully saturated rings. The Balaban J connectivity index is 1.56. The zero-order chi connectivity index (χ0) is 21.1. The first-order valence-corrected chi connectivity index (χ1v) is 9.85. The SMILES string of the molecule is COc1cccc([C@H]2CCCCN2C(=O)c2cn(Cc3c(F)cccc3F)nn2)c1. The third kappa shape index (κ3) is 4.03. The van der Waals surface area contributed by atoms with Gasteiger partial charge in [-0.2, -0.15) is 0 Å². The molecule has 8 heteroatoms. The first-order valence-electron chi connectivity index (χ1n) is 9.85. The Kier molecular flexibility index (Phi) is 5.74. The maximum Gasteiger partial charge on any atom is 0.276 e. The Morgan fingerprint density at radius 1 is 1.17 bits per heavy atom. The van der Waals surface area contributed by atoms with E-state index < -0.39 is 11.6 Å². The van der Waals surface area contributed by atoms with E-state index in [0.717, 1.165) is 30.6 Å². The highest BCUT2D eigenvalue weighted by atomic mass is 19.1. The van der Waals surface area contributed by atoms with E-state index in [0.29, 0.717) is 6.54 Å². The lowest BCUT2D eigenvalue weighted by Gasteiger charge is -2.35. The minimum absolute atomic E-state index is 0.0875. The van der Waals surface area contributed by atoms with E-state index in [2.05, 4.69) is 10.3 Å². The second-order valence-electron chi connectivity index (χ2n) is 7.29. The van der Waals surface area contributed by atoms with Crippen molar-refractivity contribution in [3.05, 3.63) is 77.1 Å². The number of nitrogens with zero attached hydrogens (tertiary/aromatic N) is 4. The van der Waals surface area contributed by atoms with Gasteiger partial charge in [0.1, 0.15) is 17.4 Å². The topological polar surface area (TPSA) is 60.2 Å². The fourth-order valence-electron chi connectivity index (χ4n) is 3.84. The highest BCUT2D eigenvalue weighted by molar-refractivity contribution is 5.92. The molecule has 0 aliphatic carbocycles. The molecule has 0 saturated carbocycles. The van der Waals surface area contributed by atoms with Gasteiger partial charge in [0.2, 0.25) is 0 Å². The van der Waals surface area contributed by atoms with Gasteiger partial charge in [-0.1, -0.05) is 23.4 Å². The molecule has 0 bridgehead atoms. The number of aromatic nitrogens is 3. The van der Waals surface area contributed by atoms with E-state index in [9.17, 15) is 13.6 Å². The van der Waals surface area contributed by atoms with Gasteiger partial charge >= 0.3 is 0 Å². The summed E-state index contributed by atoms with van der Waals surface area (Å²) >= 11 is 0. The zero-order valence-electron chi connectivity index (χ0n) is 16.6. The molecular formula is C22H22F2N4O2. The predicted molar refractivity (Wildman–Crippen MR) is 106 cm³/mol. The number of piperidine rings is 1. The number of rotatable bonds is 5. The molecule has 1 saturated heterocycles. The van der Waals surface area contributed by atoms with Crippen molar-refractivity contribution in [2.24, 2.45) is 0 Å². The summed E-state index contributed by atoms with van der Waals surface area (Å²) in [6.45, 7) is 0.466. The summed E-state index contributed by atoms with van der Waals surface area (Å²) in [7, 11) is 1.61. The van der Waals surface area contributed by atoms with Crippen LogP contribution < -0.4 is 4.74 Å². The maximum absolute atomic E-state index is 13.9. The van der Waals surface area contributed by atoms with Crippen LogP contribution in [-0.4, -0.2) is 39.5 Å². The Morgan fingerprint density at radius 2 is 1.93 bits per heavy atom. The Bertz CT molecular complexity index is 1030. The number of halogens is 2. The number of likely N-dealkylation sites (tertiary alicyclic amines) is 1. The largest absolute Gasteiger partial charge is 0.497 e. The second kappa shape index (κ2) is 8.61. The van der Waals surface area contributed by atoms with E-state index in [1.807, 2.05) is 24.3 Å². The van der Waals surface area contributed by atoms with Crippen molar-refractivity contribution >= 4 is 5.91 Å². The van der Waals surface area contributed by atoms with E-state index in [4.69, 9.17) is 4.74 Å². The van der Waals surface area contributed by atoms with Crippen molar-refractivity contribution in [1.29, 1.82) is 0 Å². The molecule has 3 aromatic rings. The van der Waals surface area contributed by atoms with Crippen molar-refractivity contribution < 1.29 is 18.3 Å². The van der Waals surface area contributed by atoms with Crippen LogP contribution in [0.5, 0.6) is 5.75 Å². The molecule has 1 amide bonds. The van der Waals surface area contributed by atoms with Gasteiger partial charge in [-0.05, 0) is 49.1 Å². The maximum atomic E-state index is 13.9. The number of methoxy groups -OCH3 is 1. The van der Waals surface area contributed by atoms with Crippen molar-refractivity contribution in [2.75, 3.05) is 13.7 Å². The fraction of sp³-hybridized carbons (Fsp3) is 0.318. The molecule has 0 radical (unpaired) electrons. The standard InChI is InChI=1S/C22H22F2N4O2/c1-30-16-7-4-6-15(12-16)21-10-2-3-11-28(21)22(29)20-14-27(26-25-20)13-17-18(23)8-5-9-19(17)24/h4-9,12,14,21H,2-3,10-11,13H2,1H3/t21-/m1/s1. The average Bonchev–Trinajstić information content (AvgIpc) is 3.24. The van der Waals surface area contributed by atoms with Gasteiger partial charge in [0.05, 0.1) is 25.9 Å². The molecule has 1 aliphatic heterocycles.